The summed E-state index contributed by atoms with van der Waals surface area (Å²) in [6.07, 6.45) is 2.11. The van der Waals surface area contributed by atoms with Gasteiger partial charge in [0, 0.05) is 30.7 Å². The fourth-order valence-electron chi connectivity index (χ4n) is 3.45. The zero-order chi connectivity index (χ0) is 17.7. The average molecular weight is 347 g/mol. The molecule has 25 heavy (non-hydrogen) atoms. The summed E-state index contributed by atoms with van der Waals surface area (Å²) in [6, 6.07) is 2.68. The molecule has 1 atom stereocenters. The lowest BCUT2D eigenvalue weighted by molar-refractivity contribution is -0.0217. The summed E-state index contributed by atoms with van der Waals surface area (Å²) >= 11 is 0. The van der Waals surface area contributed by atoms with Crippen molar-refractivity contribution in [1.29, 1.82) is 0 Å². The number of nitrogens with zero attached hydrogens (tertiary/aromatic N) is 2. The van der Waals surface area contributed by atoms with Crippen LogP contribution >= 0.6 is 0 Å². The third kappa shape index (κ3) is 2.58. The van der Waals surface area contributed by atoms with E-state index in [4.69, 9.17) is 10.5 Å². The van der Waals surface area contributed by atoms with Gasteiger partial charge in [-0.15, -0.1) is 0 Å². The fourth-order valence-corrected chi connectivity index (χ4v) is 3.45. The van der Waals surface area contributed by atoms with Gasteiger partial charge in [-0.2, -0.15) is 0 Å². The van der Waals surface area contributed by atoms with Crippen molar-refractivity contribution in [3.63, 3.8) is 0 Å². The maximum absolute atomic E-state index is 14.6. The summed E-state index contributed by atoms with van der Waals surface area (Å²) in [5, 5.41) is 9.35. The fraction of sp³-hybridized carbons (Fsp3) is 0.412. The Morgan fingerprint density at radius 1 is 1.36 bits per heavy atom. The van der Waals surface area contributed by atoms with Gasteiger partial charge in [0.25, 0.3) is 0 Å². The molecule has 1 aromatic carbocycles. The largest absolute Gasteiger partial charge is 0.477 e. The number of carboxylic acids is 1. The van der Waals surface area contributed by atoms with Gasteiger partial charge in [0.15, 0.2) is 0 Å². The molecule has 1 aromatic heterocycles. The number of rotatable bonds is 3. The van der Waals surface area contributed by atoms with Crippen LogP contribution in [0.4, 0.5) is 10.1 Å². The van der Waals surface area contributed by atoms with Gasteiger partial charge in [-0.3, -0.25) is 4.79 Å². The lowest BCUT2D eigenvalue weighted by Crippen LogP contribution is -2.33. The van der Waals surface area contributed by atoms with E-state index < -0.39 is 17.2 Å². The molecule has 0 spiro atoms. The van der Waals surface area contributed by atoms with Crippen LogP contribution in [0.5, 0.6) is 0 Å². The van der Waals surface area contributed by atoms with Gasteiger partial charge >= 0.3 is 5.97 Å². The molecular weight excluding hydrogens is 329 g/mol. The first-order valence-corrected chi connectivity index (χ1v) is 8.15. The van der Waals surface area contributed by atoms with Crippen molar-refractivity contribution in [2.24, 2.45) is 5.73 Å². The number of aromatic nitrogens is 1. The van der Waals surface area contributed by atoms with Crippen molar-refractivity contribution in [3.8, 4) is 0 Å². The molecule has 2 aliphatic rings. The zero-order valence-corrected chi connectivity index (χ0v) is 13.4. The van der Waals surface area contributed by atoms with Crippen LogP contribution in [0.2, 0.25) is 0 Å². The van der Waals surface area contributed by atoms with Crippen molar-refractivity contribution in [1.82, 2.24) is 4.57 Å². The van der Waals surface area contributed by atoms with Crippen molar-refractivity contribution in [2.75, 3.05) is 31.2 Å². The summed E-state index contributed by atoms with van der Waals surface area (Å²) in [5.74, 6) is -1.87. The number of carbonyl (C=O) groups is 1. The van der Waals surface area contributed by atoms with E-state index in [1.54, 1.807) is 10.6 Å². The van der Waals surface area contributed by atoms with Gasteiger partial charge in [-0.05, 0) is 18.6 Å². The standard InChI is InChI=1S/C17H18FN3O4/c18-13-3-11-14(4-15(13)20-2-1-9(19)5-20)21(10-7-25-8-10)6-12(16(11)22)17(23)24/h3-4,6,9-10H,1-2,5,7-8,19H2,(H,23,24). The van der Waals surface area contributed by atoms with Gasteiger partial charge in [0.05, 0.1) is 30.5 Å². The maximum Gasteiger partial charge on any atom is 0.341 e. The number of ether oxygens (including phenoxy) is 1. The van der Waals surface area contributed by atoms with Gasteiger partial charge in [-0.25, -0.2) is 9.18 Å². The van der Waals surface area contributed by atoms with Crippen LogP contribution in [0, 0.1) is 5.82 Å². The predicted octanol–water partition coefficient (Wildman–Crippen LogP) is 0.947. The zero-order valence-electron chi connectivity index (χ0n) is 13.4. The van der Waals surface area contributed by atoms with Crippen LogP contribution in [0.1, 0.15) is 22.8 Å². The van der Waals surface area contributed by atoms with Crippen molar-refractivity contribution < 1.29 is 19.0 Å². The maximum atomic E-state index is 14.6. The lowest BCUT2D eigenvalue weighted by Gasteiger charge is -2.30. The summed E-state index contributed by atoms with van der Waals surface area (Å²) in [7, 11) is 0. The molecule has 1 unspecified atom stereocenters. The molecule has 3 heterocycles. The van der Waals surface area contributed by atoms with Crippen molar-refractivity contribution >= 4 is 22.6 Å². The van der Waals surface area contributed by atoms with E-state index in [1.807, 2.05) is 4.90 Å². The second kappa shape index (κ2) is 5.82. The number of anilines is 1. The Bertz CT molecular complexity index is 922. The Labute approximate surface area is 142 Å². The van der Waals surface area contributed by atoms with Crippen LogP contribution in [-0.4, -0.2) is 48.0 Å². The Kier molecular flexibility index (Phi) is 3.73. The second-order valence-electron chi connectivity index (χ2n) is 6.59. The van der Waals surface area contributed by atoms with Gasteiger partial charge < -0.3 is 25.0 Å². The van der Waals surface area contributed by atoms with E-state index in [9.17, 15) is 19.1 Å². The molecule has 2 fully saturated rings. The summed E-state index contributed by atoms with van der Waals surface area (Å²) in [5.41, 5.74) is 5.77. The number of nitrogens with two attached hydrogens (primary N) is 1. The molecule has 8 heteroatoms. The number of aromatic carboxylic acids is 1. The van der Waals surface area contributed by atoms with Crippen molar-refractivity contribution in [3.05, 3.63) is 39.9 Å². The molecule has 0 saturated carbocycles. The first-order valence-electron chi connectivity index (χ1n) is 8.15. The van der Waals surface area contributed by atoms with Crippen LogP contribution in [0.3, 0.4) is 0 Å². The van der Waals surface area contributed by atoms with E-state index in [-0.39, 0.29) is 23.0 Å². The van der Waals surface area contributed by atoms with Gasteiger partial charge in [0.1, 0.15) is 11.4 Å². The third-order valence-electron chi connectivity index (χ3n) is 4.91. The molecule has 7 nitrogen and oxygen atoms in total. The van der Waals surface area contributed by atoms with E-state index in [2.05, 4.69) is 0 Å². The molecule has 0 radical (unpaired) electrons. The first-order chi connectivity index (χ1) is 12.0. The molecule has 4 rings (SSSR count). The molecule has 132 valence electrons. The third-order valence-corrected chi connectivity index (χ3v) is 4.91. The number of hydrogen-bond acceptors (Lipinski definition) is 5. The SMILES string of the molecule is NC1CCN(c2cc3c(cc2F)c(=O)c(C(=O)O)cn3C2COC2)C1. The Morgan fingerprint density at radius 2 is 2.12 bits per heavy atom. The summed E-state index contributed by atoms with van der Waals surface area (Å²) < 4.78 is 21.5. The molecule has 2 saturated heterocycles. The molecule has 2 aromatic rings. The first kappa shape index (κ1) is 16.0. The molecule has 2 aliphatic heterocycles. The van der Waals surface area contributed by atoms with Crippen LogP contribution in [-0.2, 0) is 4.74 Å². The highest BCUT2D eigenvalue weighted by atomic mass is 19.1. The van der Waals surface area contributed by atoms with Gasteiger partial charge in [0.2, 0.25) is 5.43 Å². The average Bonchev–Trinajstić information content (AvgIpc) is 2.94. The Hall–Kier alpha value is -2.45. The second-order valence-corrected chi connectivity index (χ2v) is 6.59. The smallest absolute Gasteiger partial charge is 0.341 e. The molecule has 0 aliphatic carbocycles. The highest BCUT2D eigenvalue weighted by Crippen LogP contribution is 2.30. The summed E-state index contributed by atoms with van der Waals surface area (Å²) in [6.45, 7) is 2.05. The van der Waals surface area contributed by atoms with E-state index in [0.29, 0.717) is 37.5 Å². The topological polar surface area (TPSA) is 97.8 Å². The highest BCUT2D eigenvalue weighted by molar-refractivity contribution is 5.93. The van der Waals surface area contributed by atoms with Crippen LogP contribution < -0.4 is 16.1 Å². The molecule has 0 amide bonds. The number of fused-ring (bicyclic) bond motifs is 1. The lowest BCUT2D eigenvalue weighted by atomic mass is 10.1. The van der Waals surface area contributed by atoms with E-state index in [1.165, 1.54) is 6.20 Å². The molecule has 0 bridgehead atoms. The highest BCUT2D eigenvalue weighted by Gasteiger charge is 2.27. The van der Waals surface area contributed by atoms with Gasteiger partial charge in [-0.1, -0.05) is 0 Å². The quantitative estimate of drug-likeness (QED) is 0.858. The number of pyridine rings is 1. The van der Waals surface area contributed by atoms with Crippen LogP contribution in [0.15, 0.2) is 23.1 Å². The predicted molar refractivity (Wildman–Crippen MR) is 89.8 cm³/mol. The molecular formula is C17H18FN3O4. The normalized spacial score (nSPS) is 20.9. The van der Waals surface area contributed by atoms with E-state index in [0.717, 1.165) is 12.5 Å². The van der Waals surface area contributed by atoms with Crippen LogP contribution in [0.25, 0.3) is 10.9 Å². The van der Waals surface area contributed by atoms with Crippen molar-refractivity contribution in [2.45, 2.75) is 18.5 Å². The Balaban J connectivity index is 1.95. The van der Waals surface area contributed by atoms with E-state index >= 15 is 0 Å². The minimum atomic E-state index is -1.32. The molecule has 3 N–H and O–H groups in total. The number of benzene rings is 1. The monoisotopic (exact) mass is 347 g/mol. The number of carboxylic acid groups (broad SMARTS) is 1. The number of halogens is 1. The Morgan fingerprint density at radius 3 is 2.68 bits per heavy atom. The summed E-state index contributed by atoms with van der Waals surface area (Å²) in [4.78, 5) is 25.7. The minimum absolute atomic E-state index is 0.00768. The minimum Gasteiger partial charge on any atom is -0.477 e. The number of hydrogen-bond donors (Lipinski definition) is 2.